The van der Waals surface area contributed by atoms with Crippen LogP contribution in [0.2, 0.25) is 0 Å². The van der Waals surface area contributed by atoms with E-state index in [2.05, 4.69) is 0 Å². The molecule has 86 valence electrons. The molecule has 0 atom stereocenters. The van der Waals surface area contributed by atoms with Gasteiger partial charge in [0.25, 0.3) is 5.91 Å². The van der Waals surface area contributed by atoms with Crippen LogP contribution in [0, 0.1) is 0 Å². The number of imide groups is 1. The first-order valence-electron chi connectivity index (χ1n) is 4.41. The number of nitrogens with one attached hydrogen (secondary N) is 1. The molecule has 3 N–H and O–H groups in total. The van der Waals surface area contributed by atoms with Gasteiger partial charge < -0.3 is 15.2 Å². The second-order valence-electron chi connectivity index (χ2n) is 2.88. The van der Waals surface area contributed by atoms with E-state index >= 15 is 0 Å². The van der Waals surface area contributed by atoms with E-state index in [0.29, 0.717) is 11.5 Å². The molecule has 0 radical (unpaired) electrons. The van der Waals surface area contributed by atoms with Gasteiger partial charge in [0.05, 0.1) is 19.8 Å². The molecular weight excluding hydrogens is 212 g/mol. The summed E-state index contributed by atoms with van der Waals surface area (Å²) in [5.74, 6) is 0.234. The Bertz CT molecular complexity index is 417. The molecule has 0 unspecified atom stereocenters. The van der Waals surface area contributed by atoms with Gasteiger partial charge in [0.2, 0.25) is 0 Å². The lowest BCUT2D eigenvalue weighted by Gasteiger charge is -2.09. The maximum Gasteiger partial charge on any atom is 0.319 e. The average Bonchev–Trinajstić information content (AvgIpc) is 2.27. The fourth-order valence-corrected chi connectivity index (χ4v) is 1.17. The van der Waals surface area contributed by atoms with Crippen molar-refractivity contribution < 1.29 is 19.1 Å². The van der Waals surface area contributed by atoms with Crippen LogP contribution >= 0.6 is 0 Å². The zero-order valence-electron chi connectivity index (χ0n) is 8.94. The number of amides is 3. The average molecular weight is 224 g/mol. The summed E-state index contributed by atoms with van der Waals surface area (Å²) < 4.78 is 9.97. The monoisotopic (exact) mass is 224 g/mol. The normalized spacial score (nSPS) is 9.38. The Hall–Kier alpha value is -2.24. The standard InChI is InChI=1S/C10H12N2O4/c1-15-6-3-4-7(8(5-6)16-2)9(13)12-10(11)14/h3-5H,1-2H3,(H3,11,12,13,14). The summed E-state index contributed by atoms with van der Waals surface area (Å²) in [5, 5.41) is 1.95. The number of primary amides is 1. The maximum absolute atomic E-state index is 11.5. The second-order valence-corrected chi connectivity index (χ2v) is 2.88. The first-order valence-corrected chi connectivity index (χ1v) is 4.41. The molecule has 0 fully saturated rings. The van der Waals surface area contributed by atoms with Crippen molar-refractivity contribution in [1.29, 1.82) is 0 Å². The molecule has 0 bridgehead atoms. The van der Waals surface area contributed by atoms with E-state index in [9.17, 15) is 9.59 Å². The van der Waals surface area contributed by atoms with Crippen molar-refractivity contribution in [3.05, 3.63) is 23.8 Å². The third-order valence-electron chi connectivity index (χ3n) is 1.89. The van der Waals surface area contributed by atoms with Crippen LogP contribution in [0.25, 0.3) is 0 Å². The summed E-state index contributed by atoms with van der Waals surface area (Å²) in [6, 6.07) is 3.69. The molecule has 0 aliphatic rings. The molecule has 0 aliphatic heterocycles. The molecule has 0 saturated heterocycles. The molecule has 6 nitrogen and oxygen atoms in total. The number of carbonyl (C=O) groups excluding carboxylic acids is 2. The predicted octanol–water partition coefficient (Wildman–Crippen LogP) is 0.512. The largest absolute Gasteiger partial charge is 0.497 e. The quantitative estimate of drug-likeness (QED) is 0.782. The summed E-state index contributed by atoms with van der Waals surface area (Å²) in [6.45, 7) is 0. The first-order chi connectivity index (χ1) is 7.58. The SMILES string of the molecule is COc1ccc(C(=O)NC(N)=O)c(OC)c1. The lowest BCUT2D eigenvalue weighted by molar-refractivity contribution is 0.0963. The molecule has 1 rings (SSSR count). The number of rotatable bonds is 3. The third kappa shape index (κ3) is 2.63. The van der Waals surface area contributed by atoms with Gasteiger partial charge in [-0.1, -0.05) is 0 Å². The number of hydrogen-bond donors (Lipinski definition) is 2. The summed E-state index contributed by atoms with van der Waals surface area (Å²) in [7, 11) is 2.91. The molecule has 0 saturated carbocycles. The topological polar surface area (TPSA) is 90.6 Å². The van der Waals surface area contributed by atoms with Gasteiger partial charge in [-0.25, -0.2) is 4.79 Å². The van der Waals surface area contributed by atoms with Gasteiger partial charge in [-0.2, -0.15) is 0 Å². The number of benzene rings is 1. The number of carbonyl (C=O) groups is 2. The molecule has 1 aromatic rings. The minimum Gasteiger partial charge on any atom is -0.497 e. The zero-order valence-corrected chi connectivity index (χ0v) is 8.94. The van der Waals surface area contributed by atoms with Crippen LogP contribution in [-0.2, 0) is 0 Å². The highest BCUT2D eigenvalue weighted by Crippen LogP contribution is 2.24. The molecule has 16 heavy (non-hydrogen) atoms. The second kappa shape index (κ2) is 5.01. The molecule has 0 aromatic heterocycles. The van der Waals surface area contributed by atoms with Crippen LogP contribution < -0.4 is 20.5 Å². The van der Waals surface area contributed by atoms with Crippen molar-refractivity contribution in [2.45, 2.75) is 0 Å². The smallest absolute Gasteiger partial charge is 0.319 e. The molecule has 0 spiro atoms. The third-order valence-corrected chi connectivity index (χ3v) is 1.89. The Labute approximate surface area is 92.3 Å². The van der Waals surface area contributed by atoms with E-state index in [4.69, 9.17) is 15.2 Å². The number of nitrogens with two attached hydrogens (primary N) is 1. The lowest BCUT2D eigenvalue weighted by atomic mass is 10.2. The van der Waals surface area contributed by atoms with Gasteiger partial charge in [-0.15, -0.1) is 0 Å². The molecule has 1 aromatic carbocycles. The van der Waals surface area contributed by atoms with Crippen LogP contribution in [0.3, 0.4) is 0 Å². The van der Waals surface area contributed by atoms with Crippen molar-refractivity contribution >= 4 is 11.9 Å². The summed E-state index contributed by atoms with van der Waals surface area (Å²) >= 11 is 0. The summed E-state index contributed by atoms with van der Waals surface area (Å²) in [5.41, 5.74) is 5.05. The molecular formula is C10H12N2O4. The fraction of sp³-hybridized carbons (Fsp3) is 0.200. The van der Waals surface area contributed by atoms with Crippen molar-refractivity contribution in [2.24, 2.45) is 5.73 Å². The van der Waals surface area contributed by atoms with Gasteiger partial charge >= 0.3 is 6.03 Å². The highest BCUT2D eigenvalue weighted by atomic mass is 16.5. The van der Waals surface area contributed by atoms with Crippen LogP contribution in [0.5, 0.6) is 11.5 Å². The Morgan fingerprint density at radius 2 is 1.94 bits per heavy atom. The van der Waals surface area contributed by atoms with Crippen molar-refractivity contribution in [1.82, 2.24) is 5.32 Å². The van der Waals surface area contributed by atoms with E-state index in [-0.39, 0.29) is 5.56 Å². The minimum absolute atomic E-state index is 0.210. The Morgan fingerprint density at radius 1 is 1.25 bits per heavy atom. The number of urea groups is 1. The summed E-state index contributed by atoms with van der Waals surface area (Å²) in [4.78, 5) is 22.0. The van der Waals surface area contributed by atoms with Gasteiger partial charge in [0, 0.05) is 6.07 Å². The van der Waals surface area contributed by atoms with Crippen molar-refractivity contribution in [3.8, 4) is 11.5 Å². The van der Waals surface area contributed by atoms with Crippen LogP contribution in [0.4, 0.5) is 4.79 Å². The first kappa shape index (κ1) is 11.8. The molecule has 3 amide bonds. The minimum atomic E-state index is -0.914. The van der Waals surface area contributed by atoms with Gasteiger partial charge in [0.1, 0.15) is 11.5 Å². The van der Waals surface area contributed by atoms with Crippen LogP contribution in [-0.4, -0.2) is 26.2 Å². The Kier molecular flexibility index (Phi) is 3.71. The highest BCUT2D eigenvalue weighted by molar-refractivity contribution is 6.05. The van der Waals surface area contributed by atoms with Crippen LogP contribution in [0.1, 0.15) is 10.4 Å². The molecule has 6 heteroatoms. The number of methoxy groups -OCH3 is 2. The Balaban J connectivity index is 3.03. The van der Waals surface area contributed by atoms with E-state index in [1.54, 1.807) is 6.07 Å². The predicted molar refractivity (Wildman–Crippen MR) is 56.6 cm³/mol. The summed E-state index contributed by atoms with van der Waals surface area (Å²) in [6.07, 6.45) is 0. The van der Waals surface area contributed by atoms with Crippen molar-refractivity contribution in [3.63, 3.8) is 0 Å². The van der Waals surface area contributed by atoms with Gasteiger partial charge in [0.15, 0.2) is 0 Å². The highest BCUT2D eigenvalue weighted by Gasteiger charge is 2.14. The van der Waals surface area contributed by atoms with E-state index < -0.39 is 11.9 Å². The zero-order chi connectivity index (χ0) is 12.1. The molecule has 0 heterocycles. The van der Waals surface area contributed by atoms with Gasteiger partial charge in [-0.3, -0.25) is 10.1 Å². The van der Waals surface area contributed by atoms with Crippen molar-refractivity contribution in [2.75, 3.05) is 14.2 Å². The molecule has 0 aliphatic carbocycles. The maximum atomic E-state index is 11.5. The lowest BCUT2D eigenvalue weighted by Crippen LogP contribution is -2.35. The van der Waals surface area contributed by atoms with Crippen LogP contribution in [0.15, 0.2) is 18.2 Å². The number of hydrogen-bond acceptors (Lipinski definition) is 4. The van der Waals surface area contributed by atoms with E-state index in [1.807, 2.05) is 5.32 Å². The van der Waals surface area contributed by atoms with Gasteiger partial charge in [-0.05, 0) is 12.1 Å². The number of ether oxygens (including phenoxy) is 2. The fourth-order valence-electron chi connectivity index (χ4n) is 1.17. The Morgan fingerprint density at radius 3 is 2.44 bits per heavy atom. The van der Waals surface area contributed by atoms with E-state index in [0.717, 1.165) is 0 Å². The van der Waals surface area contributed by atoms with E-state index in [1.165, 1.54) is 26.4 Å².